The summed E-state index contributed by atoms with van der Waals surface area (Å²) in [5.41, 5.74) is 1.47. The average molecular weight is 257 g/mol. The first-order valence-corrected chi connectivity index (χ1v) is 6.08. The van der Waals surface area contributed by atoms with Gasteiger partial charge in [-0.05, 0) is 31.2 Å². The number of nitrogens with zero attached hydrogens (tertiary/aromatic N) is 1. The number of ether oxygens (including phenoxy) is 2. The third-order valence-corrected chi connectivity index (χ3v) is 2.47. The lowest BCUT2D eigenvalue weighted by Crippen LogP contribution is -2.05. The second kappa shape index (κ2) is 6.54. The van der Waals surface area contributed by atoms with Gasteiger partial charge in [0.25, 0.3) is 0 Å². The molecule has 0 atom stereocenters. The summed E-state index contributed by atoms with van der Waals surface area (Å²) in [6.45, 7) is 2.56. The van der Waals surface area contributed by atoms with Crippen LogP contribution in [0.15, 0.2) is 48.8 Å². The molecule has 1 heterocycles. The van der Waals surface area contributed by atoms with Crippen molar-refractivity contribution in [3.63, 3.8) is 0 Å². The number of benzene rings is 1. The molecule has 0 aliphatic rings. The molecule has 2 aromatic rings. The molecule has 2 rings (SSSR count). The third kappa shape index (κ3) is 3.81. The zero-order valence-electron chi connectivity index (χ0n) is 10.7. The molecule has 0 radical (unpaired) electrons. The number of hydrogen-bond acceptors (Lipinski definition) is 4. The summed E-state index contributed by atoms with van der Waals surface area (Å²) in [6, 6.07) is 10.7. The molecule has 4 heteroatoms. The highest BCUT2D eigenvalue weighted by Gasteiger charge is 2.07. The normalized spacial score (nSPS) is 9.95. The number of carbonyl (C=O) groups is 1. The molecular weight excluding hydrogens is 242 g/mol. The van der Waals surface area contributed by atoms with Gasteiger partial charge in [0.2, 0.25) is 0 Å². The van der Waals surface area contributed by atoms with E-state index in [4.69, 9.17) is 9.47 Å². The number of esters is 1. The van der Waals surface area contributed by atoms with Crippen molar-refractivity contribution >= 4 is 5.97 Å². The molecule has 1 aromatic carbocycles. The second-order valence-electron chi connectivity index (χ2n) is 3.90. The van der Waals surface area contributed by atoms with Gasteiger partial charge in [-0.2, -0.15) is 0 Å². The van der Waals surface area contributed by atoms with Gasteiger partial charge in [0, 0.05) is 18.0 Å². The quantitative estimate of drug-likeness (QED) is 0.773. The van der Waals surface area contributed by atoms with E-state index in [0.29, 0.717) is 24.5 Å². The fraction of sp³-hybridized carbons (Fsp3) is 0.200. The first-order chi connectivity index (χ1) is 9.29. The van der Waals surface area contributed by atoms with Crippen molar-refractivity contribution in [2.45, 2.75) is 13.5 Å². The summed E-state index contributed by atoms with van der Waals surface area (Å²) in [5.74, 6) is 0.295. The van der Waals surface area contributed by atoms with Gasteiger partial charge in [-0.25, -0.2) is 4.79 Å². The van der Waals surface area contributed by atoms with Gasteiger partial charge in [-0.15, -0.1) is 0 Å². The molecule has 1 aromatic heterocycles. The van der Waals surface area contributed by atoms with Crippen LogP contribution in [-0.4, -0.2) is 17.6 Å². The molecule has 0 aliphatic carbocycles. The van der Waals surface area contributed by atoms with Crippen molar-refractivity contribution in [1.29, 1.82) is 0 Å². The highest BCUT2D eigenvalue weighted by molar-refractivity contribution is 5.89. The summed E-state index contributed by atoms with van der Waals surface area (Å²) >= 11 is 0. The number of carbonyl (C=O) groups excluding carboxylic acids is 1. The standard InChI is InChI=1S/C15H15NO3/c1-2-18-15(17)13-6-3-7-14(9-13)19-11-12-5-4-8-16-10-12/h3-10H,2,11H2,1H3. The molecule has 0 amide bonds. The topological polar surface area (TPSA) is 48.4 Å². The Balaban J connectivity index is 2.01. The molecule has 0 bridgehead atoms. The number of pyridine rings is 1. The first-order valence-electron chi connectivity index (χ1n) is 6.08. The minimum Gasteiger partial charge on any atom is -0.489 e. The minimum absolute atomic E-state index is 0.339. The molecule has 0 saturated carbocycles. The van der Waals surface area contributed by atoms with Gasteiger partial charge >= 0.3 is 5.97 Å². The van der Waals surface area contributed by atoms with Crippen molar-refractivity contribution in [3.05, 3.63) is 59.9 Å². The number of rotatable bonds is 5. The van der Waals surface area contributed by atoms with Crippen molar-refractivity contribution in [3.8, 4) is 5.75 Å². The zero-order chi connectivity index (χ0) is 13.5. The number of hydrogen-bond donors (Lipinski definition) is 0. The fourth-order valence-electron chi connectivity index (χ4n) is 1.58. The van der Waals surface area contributed by atoms with Gasteiger partial charge in [0.1, 0.15) is 12.4 Å². The van der Waals surface area contributed by atoms with Crippen LogP contribution in [0.5, 0.6) is 5.75 Å². The lowest BCUT2D eigenvalue weighted by Gasteiger charge is -2.07. The highest BCUT2D eigenvalue weighted by Crippen LogP contribution is 2.15. The summed E-state index contributed by atoms with van der Waals surface area (Å²) in [6.07, 6.45) is 3.46. The second-order valence-corrected chi connectivity index (χ2v) is 3.90. The molecular formula is C15H15NO3. The van der Waals surface area contributed by atoms with Crippen molar-refractivity contribution < 1.29 is 14.3 Å². The zero-order valence-corrected chi connectivity index (χ0v) is 10.7. The molecule has 0 spiro atoms. The molecule has 0 N–H and O–H groups in total. The Morgan fingerprint density at radius 1 is 1.26 bits per heavy atom. The molecule has 19 heavy (non-hydrogen) atoms. The predicted octanol–water partition coefficient (Wildman–Crippen LogP) is 2.84. The monoisotopic (exact) mass is 257 g/mol. The van der Waals surface area contributed by atoms with Crippen molar-refractivity contribution in [1.82, 2.24) is 4.98 Å². The molecule has 98 valence electrons. The maximum Gasteiger partial charge on any atom is 0.338 e. The van der Waals surface area contributed by atoms with E-state index in [-0.39, 0.29) is 5.97 Å². The molecule has 0 saturated heterocycles. The molecule has 0 aliphatic heterocycles. The van der Waals surface area contributed by atoms with Crippen LogP contribution < -0.4 is 4.74 Å². The lowest BCUT2D eigenvalue weighted by molar-refractivity contribution is 0.0526. The Morgan fingerprint density at radius 3 is 2.89 bits per heavy atom. The average Bonchev–Trinajstić information content (AvgIpc) is 2.47. The smallest absolute Gasteiger partial charge is 0.338 e. The van der Waals surface area contributed by atoms with Gasteiger partial charge in [0.05, 0.1) is 12.2 Å². The Morgan fingerprint density at radius 2 is 2.16 bits per heavy atom. The Hall–Kier alpha value is -2.36. The number of aromatic nitrogens is 1. The van der Waals surface area contributed by atoms with E-state index >= 15 is 0 Å². The van der Waals surface area contributed by atoms with E-state index in [1.54, 1.807) is 43.6 Å². The molecule has 4 nitrogen and oxygen atoms in total. The Bertz CT molecular complexity index is 540. The van der Waals surface area contributed by atoms with Crippen LogP contribution >= 0.6 is 0 Å². The Labute approximate surface area is 112 Å². The van der Waals surface area contributed by atoms with Crippen LogP contribution in [0.2, 0.25) is 0 Å². The highest BCUT2D eigenvalue weighted by atomic mass is 16.5. The molecule has 0 unspecified atom stereocenters. The predicted molar refractivity (Wildman–Crippen MR) is 71.0 cm³/mol. The Kier molecular flexibility index (Phi) is 4.50. The molecule has 0 fully saturated rings. The van der Waals surface area contributed by atoms with Crippen molar-refractivity contribution in [2.24, 2.45) is 0 Å². The van der Waals surface area contributed by atoms with E-state index in [1.807, 2.05) is 12.1 Å². The van der Waals surface area contributed by atoms with E-state index in [2.05, 4.69) is 4.98 Å². The van der Waals surface area contributed by atoms with Gasteiger partial charge in [-0.1, -0.05) is 12.1 Å². The summed E-state index contributed by atoms with van der Waals surface area (Å²) in [5, 5.41) is 0. The van der Waals surface area contributed by atoms with E-state index < -0.39 is 0 Å². The fourth-order valence-corrected chi connectivity index (χ4v) is 1.58. The lowest BCUT2D eigenvalue weighted by atomic mass is 10.2. The maximum atomic E-state index is 11.6. The van der Waals surface area contributed by atoms with Gasteiger partial charge in [-0.3, -0.25) is 4.98 Å². The van der Waals surface area contributed by atoms with Crippen LogP contribution in [0, 0.1) is 0 Å². The maximum absolute atomic E-state index is 11.6. The van der Waals surface area contributed by atoms with Crippen LogP contribution in [0.25, 0.3) is 0 Å². The summed E-state index contributed by atoms with van der Waals surface area (Å²) in [4.78, 5) is 15.6. The summed E-state index contributed by atoms with van der Waals surface area (Å²) < 4.78 is 10.6. The van der Waals surface area contributed by atoms with Crippen LogP contribution in [0.4, 0.5) is 0 Å². The van der Waals surface area contributed by atoms with Crippen LogP contribution in [0.3, 0.4) is 0 Å². The van der Waals surface area contributed by atoms with E-state index in [1.165, 1.54) is 0 Å². The van der Waals surface area contributed by atoms with Crippen LogP contribution in [0.1, 0.15) is 22.8 Å². The van der Waals surface area contributed by atoms with E-state index in [0.717, 1.165) is 5.56 Å². The third-order valence-electron chi connectivity index (χ3n) is 2.47. The van der Waals surface area contributed by atoms with Crippen LogP contribution in [-0.2, 0) is 11.3 Å². The first kappa shape index (κ1) is 13.1. The summed E-state index contributed by atoms with van der Waals surface area (Å²) in [7, 11) is 0. The SMILES string of the molecule is CCOC(=O)c1cccc(OCc2cccnc2)c1. The minimum atomic E-state index is -0.339. The largest absolute Gasteiger partial charge is 0.489 e. The van der Waals surface area contributed by atoms with Gasteiger partial charge in [0.15, 0.2) is 0 Å². The van der Waals surface area contributed by atoms with E-state index in [9.17, 15) is 4.79 Å². The van der Waals surface area contributed by atoms with Gasteiger partial charge < -0.3 is 9.47 Å². The van der Waals surface area contributed by atoms with Crippen molar-refractivity contribution in [2.75, 3.05) is 6.61 Å².